The van der Waals surface area contributed by atoms with Gasteiger partial charge in [0.2, 0.25) is 0 Å². The molecule has 0 aliphatic rings. The topological polar surface area (TPSA) is 0 Å². The van der Waals surface area contributed by atoms with E-state index in [1.807, 2.05) is 17.8 Å². The van der Waals surface area contributed by atoms with Crippen molar-refractivity contribution in [1.29, 1.82) is 0 Å². The van der Waals surface area contributed by atoms with Crippen molar-refractivity contribution >= 4 is 11.8 Å². The summed E-state index contributed by atoms with van der Waals surface area (Å²) in [6.45, 7) is 8.02. The van der Waals surface area contributed by atoms with E-state index < -0.39 is 0 Å². The lowest BCUT2D eigenvalue weighted by atomic mass is 10.0. The van der Waals surface area contributed by atoms with Gasteiger partial charge in [-0.1, -0.05) is 32.1 Å². The fourth-order valence-electron chi connectivity index (χ4n) is 1.12. The molecule has 1 heteroatoms. The maximum Gasteiger partial charge on any atom is 0.0230 e. The molecule has 0 bridgehead atoms. The quantitative estimate of drug-likeness (QED) is 0.650. The van der Waals surface area contributed by atoms with Crippen LogP contribution < -0.4 is 0 Å². The summed E-state index contributed by atoms with van der Waals surface area (Å²) in [6, 6.07) is 8.58. The Morgan fingerprint density at radius 3 is 2.92 bits per heavy atom. The van der Waals surface area contributed by atoms with Crippen LogP contribution in [0.5, 0.6) is 0 Å². The fourth-order valence-corrected chi connectivity index (χ4v) is 1.83. The Morgan fingerprint density at radius 1 is 1.54 bits per heavy atom. The molecule has 0 amide bonds. The van der Waals surface area contributed by atoms with Gasteiger partial charge in [0.1, 0.15) is 0 Å². The Balaban J connectivity index is 2.84. The number of benzene rings is 1. The molecule has 0 spiro atoms. The van der Waals surface area contributed by atoms with Crippen LogP contribution in [0.1, 0.15) is 19.4 Å². The molecule has 13 heavy (non-hydrogen) atoms. The van der Waals surface area contributed by atoms with Gasteiger partial charge in [0.25, 0.3) is 0 Å². The SMILES string of the molecule is C=C[C](C)c1cccc(SCC)c1. The van der Waals surface area contributed by atoms with E-state index >= 15 is 0 Å². The van der Waals surface area contributed by atoms with Crippen molar-refractivity contribution in [3.8, 4) is 0 Å². The molecule has 0 aliphatic heterocycles. The molecule has 69 valence electrons. The number of thioether (sulfide) groups is 1. The molecule has 0 saturated carbocycles. The molecule has 1 radical (unpaired) electrons. The van der Waals surface area contributed by atoms with Crippen LogP contribution in [-0.2, 0) is 0 Å². The van der Waals surface area contributed by atoms with Crippen LogP contribution in [0.25, 0.3) is 0 Å². The van der Waals surface area contributed by atoms with Gasteiger partial charge in [-0.3, -0.25) is 0 Å². The Labute approximate surface area is 85.1 Å². The first-order chi connectivity index (χ1) is 6.27. The predicted molar refractivity (Wildman–Crippen MR) is 61.1 cm³/mol. The molecule has 1 aromatic carbocycles. The highest BCUT2D eigenvalue weighted by atomic mass is 32.2. The van der Waals surface area contributed by atoms with Gasteiger partial charge in [-0.05, 0) is 23.4 Å². The van der Waals surface area contributed by atoms with Crippen molar-refractivity contribution in [2.45, 2.75) is 18.7 Å². The Morgan fingerprint density at radius 2 is 2.31 bits per heavy atom. The summed E-state index contributed by atoms with van der Waals surface area (Å²) in [5.41, 5.74) is 1.27. The van der Waals surface area contributed by atoms with E-state index in [1.165, 1.54) is 16.4 Å². The number of hydrogen-bond acceptors (Lipinski definition) is 1. The van der Waals surface area contributed by atoms with Gasteiger partial charge in [0.15, 0.2) is 0 Å². The van der Waals surface area contributed by atoms with Gasteiger partial charge in [-0.25, -0.2) is 0 Å². The maximum absolute atomic E-state index is 3.77. The first-order valence-electron chi connectivity index (χ1n) is 4.47. The van der Waals surface area contributed by atoms with Gasteiger partial charge in [-0.15, -0.1) is 18.3 Å². The summed E-state index contributed by atoms with van der Waals surface area (Å²) in [7, 11) is 0. The molecule has 0 unspecified atom stereocenters. The lowest BCUT2D eigenvalue weighted by molar-refractivity contribution is 1.23. The van der Waals surface area contributed by atoms with Crippen LogP contribution >= 0.6 is 11.8 Å². The molecular weight excluding hydrogens is 176 g/mol. The van der Waals surface area contributed by atoms with Crippen LogP contribution in [0.15, 0.2) is 41.8 Å². The summed E-state index contributed by atoms with van der Waals surface area (Å²) in [5.74, 6) is 2.36. The molecule has 0 saturated heterocycles. The van der Waals surface area contributed by atoms with E-state index in [0.29, 0.717) is 0 Å². The summed E-state index contributed by atoms with van der Waals surface area (Å²) in [4.78, 5) is 1.33. The third-order valence-corrected chi connectivity index (χ3v) is 2.78. The molecule has 0 nitrogen and oxygen atoms in total. The largest absolute Gasteiger partial charge is 0.126 e. The molecule has 0 aliphatic carbocycles. The van der Waals surface area contributed by atoms with Crippen molar-refractivity contribution in [2.75, 3.05) is 5.75 Å². The molecule has 1 rings (SSSR count). The number of rotatable bonds is 4. The highest BCUT2D eigenvalue weighted by molar-refractivity contribution is 7.99. The molecule has 0 N–H and O–H groups in total. The standard InChI is InChI=1S/C12H15S/c1-4-10(3)11-7-6-8-12(9-11)13-5-2/h4,6-9H,1,5H2,2-3H3. The van der Waals surface area contributed by atoms with Crippen LogP contribution in [0.2, 0.25) is 0 Å². The average molecular weight is 191 g/mol. The van der Waals surface area contributed by atoms with E-state index in [9.17, 15) is 0 Å². The van der Waals surface area contributed by atoms with Gasteiger partial charge >= 0.3 is 0 Å². The minimum absolute atomic E-state index is 1.12. The maximum atomic E-state index is 3.77. The smallest absolute Gasteiger partial charge is 0.0230 e. The third kappa shape index (κ3) is 2.92. The van der Waals surface area contributed by atoms with Gasteiger partial charge in [-0.2, -0.15) is 0 Å². The predicted octanol–water partition coefficient (Wildman–Crippen LogP) is 3.93. The monoisotopic (exact) mass is 191 g/mol. The second-order valence-electron chi connectivity index (χ2n) is 2.85. The highest BCUT2D eigenvalue weighted by Crippen LogP contribution is 2.22. The van der Waals surface area contributed by atoms with Crippen molar-refractivity contribution in [3.63, 3.8) is 0 Å². The van der Waals surface area contributed by atoms with Crippen molar-refractivity contribution in [3.05, 3.63) is 48.4 Å². The van der Waals surface area contributed by atoms with E-state index in [1.54, 1.807) is 0 Å². The summed E-state index contributed by atoms with van der Waals surface area (Å²) >= 11 is 1.87. The number of hydrogen-bond donors (Lipinski definition) is 0. The van der Waals surface area contributed by atoms with Crippen LogP contribution in [0.4, 0.5) is 0 Å². The molecule has 0 atom stereocenters. The summed E-state index contributed by atoms with van der Waals surface area (Å²) < 4.78 is 0. The fraction of sp³-hybridized carbons (Fsp3) is 0.250. The lowest BCUT2D eigenvalue weighted by Gasteiger charge is -2.06. The summed E-state index contributed by atoms with van der Waals surface area (Å²) in [6.07, 6.45) is 1.90. The second-order valence-corrected chi connectivity index (χ2v) is 4.19. The first kappa shape index (κ1) is 10.4. The zero-order chi connectivity index (χ0) is 9.68. The average Bonchev–Trinajstić information content (AvgIpc) is 2.18. The molecule has 0 heterocycles. The van der Waals surface area contributed by atoms with E-state index in [2.05, 4.69) is 44.7 Å². The molecule has 0 fully saturated rings. The zero-order valence-electron chi connectivity index (χ0n) is 8.21. The van der Waals surface area contributed by atoms with E-state index in [-0.39, 0.29) is 0 Å². The van der Waals surface area contributed by atoms with Gasteiger partial charge in [0, 0.05) is 10.8 Å². The summed E-state index contributed by atoms with van der Waals surface area (Å²) in [5, 5.41) is 0. The highest BCUT2D eigenvalue weighted by Gasteiger charge is 2.01. The lowest BCUT2D eigenvalue weighted by Crippen LogP contribution is -1.89. The Kier molecular flexibility index (Phi) is 4.10. The van der Waals surface area contributed by atoms with E-state index in [0.717, 1.165) is 5.75 Å². The van der Waals surface area contributed by atoms with Crippen molar-refractivity contribution in [1.82, 2.24) is 0 Å². The minimum Gasteiger partial charge on any atom is -0.126 e. The van der Waals surface area contributed by atoms with Crippen LogP contribution in [0, 0.1) is 5.92 Å². The van der Waals surface area contributed by atoms with Gasteiger partial charge in [0.05, 0.1) is 0 Å². The number of allylic oxidation sites excluding steroid dienone is 1. The minimum atomic E-state index is 1.12. The normalized spacial score (nSPS) is 10.4. The molecule has 0 aromatic heterocycles. The van der Waals surface area contributed by atoms with E-state index in [4.69, 9.17) is 0 Å². The molecule has 1 aromatic rings. The van der Waals surface area contributed by atoms with Crippen LogP contribution in [0.3, 0.4) is 0 Å². The third-order valence-electron chi connectivity index (χ3n) is 1.91. The Bertz CT molecular complexity index is 278. The van der Waals surface area contributed by atoms with Crippen molar-refractivity contribution in [2.24, 2.45) is 0 Å². The zero-order valence-corrected chi connectivity index (χ0v) is 9.03. The second kappa shape index (κ2) is 5.13. The van der Waals surface area contributed by atoms with Gasteiger partial charge < -0.3 is 0 Å². The molecular formula is C12H15S. The van der Waals surface area contributed by atoms with Crippen LogP contribution in [-0.4, -0.2) is 5.75 Å². The Hall–Kier alpha value is -0.690. The van der Waals surface area contributed by atoms with Crippen molar-refractivity contribution < 1.29 is 0 Å². The first-order valence-corrected chi connectivity index (χ1v) is 5.45.